The van der Waals surface area contributed by atoms with Crippen LogP contribution in [0.15, 0.2) is 0 Å². The van der Waals surface area contributed by atoms with Crippen molar-refractivity contribution < 1.29 is 18.0 Å². The quantitative estimate of drug-likeness (QED) is 0.630. The zero-order valence-corrected chi connectivity index (χ0v) is 8.40. The van der Waals surface area contributed by atoms with Crippen molar-refractivity contribution in [3.8, 4) is 0 Å². The summed E-state index contributed by atoms with van der Waals surface area (Å²) in [6.07, 6.45) is -4.22. The fourth-order valence-electron chi connectivity index (χ4n) is 1.48. The van der Waals surface area contributed by atoms with Crippen LogP contribution in [0.5, 0.6) is 0 Å². The minimum atomic E-state index is -4.20. The maximum Gasteiger partial charge on any atom is 0.393 e. The molecule has 2 atom stereocenters. The number of likely N-dealkylation sites (tertiary alicyclic amines) is 1. The molecule has 1 heterocycles. The van der Waals surface area contributed by atoms with Gasteiger partial charge in [-0.25, -0.2) is 0 Å². The Hall–Kier alpha value is -0.450. The van der Waals surface area contributed by atoms with Crippen LogP contribution >= 0.6 is 11.6 Å². The van der Waals surface area contributed by atoms with Crippen molar-refractivity contribution in [2.24, 2.45) is 5.92 Å². The van der Waals surface area contributed by atoms with E-state index in [9.17, 15) is 18.0 Å². The number of carbonyl (C=O) groups is 1. The summed E-state index contributed by atoms with van der Waals surface area (Å²) in [5.74, 6) is -1.81. The van der Waals surface area contributed by atoms with E-state index < -0.39 is 23.4 Å². The van der Waals surface area contributed by atoms with Gasteiger partial charge in [0.2, 0.25) is 5.91 Å². The summed E-state index contributed by atoms with van der Waals surface area (Å²) in [4.78, 5) is 12.4. The first-order valence-corrected chi connectivity index (χ1v) is 4.75. The van der Waals surface area contributed by atoms with E-state index in [1.165, 1.54) is 11.8 Å². The summed E-state index contributed by atoms with van der Waals surface area (Å²) < 4.78 is 36.7. The van der Waals surface area contributed by atoms with Crippen LogP contribution in [-0.4, -0.2) is 35.4 Å². The lowest BCUT2D eigenvalue weighted by molar-refractivity contribution is -0.171. The van der Waals surface area contributed by atoms with E-state index in [1.54, 1.807) is 0 Å². The second-order valence-electron chi connectivity index (χ2n) is 3.43. The molecule has 14 heavy (non-hydrogen) atoms. The molecule has 0 aliphatic carbocycles. The molecular weight excluding hydrogens is 219 g/mol. The molecule has 0 spiro atoms. The Labute approximate surface area is 85.0 Å². The van der Waals surface area contributed by atoms with Gasteiger partial charge in [-0.05, 0) is 13.3 Å². The number of hydrogen-bond acceptors (Lipinski definition) is 1. The van der Waals surface area contributed by atoms with Crippen LogP contribution in [0.25, 0.3) is 0 Å². The van der Waals surface area contributed by atoms with Crippen LogP contribution in [0.2, 0.25) is 0 Å². The molecular formula is C8H11ClF3NO. The minimum Gasteiger partial charge on any atom is -0.341 e. The third-order valence-electron chi connectivity index (χ3n) is 2.30. The van der Waals surface area contributed by atoms with Crippen LogP contribution in [-0.2, 0) is 4.79 Å². The van der Waals surface area contributed by atoms with Crippen LogP contribution < -0.4 is 0 Å². The normalized spacial score (nSPS) is 25.2. The predicted molar refractivity (Wildman–Crippen MR) is 46.1 cm³/mol. The lowest BCUT2D eigenvalue weighted by Gasteiger charge is -2.18. The first-order chi connectivity index (χ1) is 6.32. The molecule has 1 fully saturated rings. The van der Waals surface area contributed by atoms with E-state index in [2.05, 4.69) is 0 Å². The number of amides is 1. The Morgan fingerprint density at radius 1 is 1.57 bits per heavy atom. The van der Waals surface area contributed by atoms with Gasteiger partial charge in [-0.3, -0.25) is 4.79 Å². The molecule has 1 aliphatic rings. The van der Waals surface area contributed by atoms with E-state index in [0.717, 1.165) is 0 Å². The molecule has 0 aromatic carbocycles. The van der Waals surface area contributed by atoms with Gasteiger partial charge in [0.15, 0.2) is 0 Å². The summed E-state index contributed by atoms with van der Waals surface area (Å²) in [6.45, 7) is 1.37. The molecule has 0 unspecified atom stereocenters. The average Bonchev–Trinajstić information content (AvgIpc) is 2.49. The second kappa shape index (κ2) is 3.96. The highest BCUT2D eigenvalue weighted by Crippen LogP contribution is 2.33. The van der Waals surface area contributed by atoms with Gasteiger partial charge in [0.1, 0.15) is 5.38 Å². The average molecular weight is 230 g/mol. The summed E-state index contributed by atoms with van der Waals surface area (Å²) >= 11 is 5.50. The first-order valence-electron chi connectivity index (χ1n) is 4.32. The van der Waals surface area contributed by atoms with Crippen molar-refractivity contribution in [2.75, 3.05) is 13.1 Å². The molecule has 6 heteroatoms. The molecule has 0 aromatic rings. The number of carbonyl (C=O) groups excluding carboxylic acids is 1. The molecule has 82 valence electrons. The zero-order chi connectivity index (χ0) is 10.9. The third kappa shape index (κ3) is 2.53. The van der Waals surface area contributed by atoms with E-state index in [4.69, 9.17) is 11.6 Å². The standard InChI is InChI=1S/C8H11ClF3NO/c1-5(9)7(14)13-3-2-6(4-13)8(10,11)12/h5-6H,2-4H2,1H3/t5-,6-/m0/s1. The molecule has 2 nitrogen and oxygen atoms in total. The highest BCUT2D eigenvalue weighted by atomic mass is 35.5. The van der Waals surface area contributed by atoms with Crippen molar-refractivity contribution in [2.45, 2.75) is 24.9 Å². The molecule has 0 saturated carbocycles. The first kappa shape index (κ1) is 11.6. The fourth-order valence-corrected chi connectivity index (χ4v) is 1.62. The highest BCUT2D eigenvalue weighted by molar-refractivity contribution is 6.30. The smallest absolute Gasteiger partial charge is 0.341 e. The van der Waals surface area contributed by atoms with Gasteiger partial charge in [0.25, 0.3) is 0 Å². The SMILES string of the molecule is C[C@H](Cl)C(=O)N1CC[C@H](C(F)(F)F)C1. The topological polar surface area (TPSA) is 20.3 Å². The number of halogens is 4. The van der Waals surface area contributed by atoms with Gasteiger partial charge < -0.3 is 4.90 Å². The largest absolute Gasteiger partial charge is 0.393 e. The number of alkyl halides is 4. The predicted octanol–water partition coefficient (Wildman–Crippen LogP) is 2.02. The van der Waals surface area contributed by atoms with Crippen LogP contribution in [0, 0.1) is 5.92 Å². The number of rotatable bonds is 1. The lowest BCUT2D eigenvalue weighted by atomic mass is 10.1. The van der Waals surface area contributed by atoms with Gasteiger partial charge in [-0.2, -0.15) is 13.2 Å². The van der Waals surface area contributed by atoms with E-state index in [0.29, 0.717) is 0 Å². The van der Waals surface area contributed by atoms with E-state index in [1.807, 2.05) is 0 Å². The van der Waals surface area contributed by atoms with Gasteiger partial charge in [0.05, 0.1) is 5.92 Å². The van der Waals surface area contributed by atoms with Gasteiger partial charge in [0, 0.05) is 13.1 Å². The van der Waals surface area contributed by atoms with Gasteiger partial charge in [-0.1, -0.05) is 0 Å². The summed E-state index contributed by atoms with van der Waals surface area (Å²) in [6, 6.07) is 0. The van der Waals surface area contributed by atoms with Crippen molar-refractivity contribution >= 4 is 17.5 Å². The summed E-state index contributed by atoms with van der Waals surface area (Å²) in [7, 11) is 0. The Balaban J connectivity index is 2.54. The molecule has 0 radical (unpaired) electrons. The Bertz CT molecular complexity index is 229. The maximum atomic E-state index is 12.2. The zero-order valence-electron chi connectivity index (χ0n) is 7.64. The Morgan fingerprint density at radius 2 is 2.14 bits per heavy atom. The van der Waals surface area contributed by atoms with Crippen LogP contribution in [0.1, 0.15) is 13.3 Å². The fraction of sp³-hybridized carbons (Fsp3) is 0.875. The molecule has 0 bridgehead atoms. The second-order valence-corrected chi connectivity index (χ2v) is 4.08. The van der Waals surface area contributed by atoms with Crippen molar-refractivity contribution in [1.82, 2.24) is 4.90 Å². The van der Waals surface area contributed by atoms with E-state index >= 15 is 0 Å². The van der Waals surface area contributed by atoms with Crippen molar-refractivity contribution in [3.05, 3.63) is 0 Å². The molecule has 1 saturated heterocycles. The molecule has 1 aliphatic heterocycles. The van der Waals surface area contributed by atoms with Crippen LogP contribution in [0.3, 0.4) is 0 Å². The monoisotopic (exact) mass is 229 g/mol. The van der Waals surface area contributed by atoms with Crippen LogP contribution in [0.4, 0.5) is 13.2 Å². The van der Waals surface area contributed by atoms with Crippen molar-refractivity contribution in [3.63, 3.8) is 0 Å². The Morgan fingerprint density at radius 3 is 2.50 bits per heavy atom. The lowest BCUT2D eigenvalue weighted by Crippen LogP contribution is -2.35. The highest BCUT2D eigenvalue weighted by Gasteiger charge is 2.44. The maximum absolute atomic E-state index is 12.2. The van der Waals surface area contributed by atoms with E-state index in [-0.39, 0.29) is 19.5 Å². The Kier molecular flexibility index (Phi) is 3.29. The van der Waals surface area contributed by atoms with Crippen molar-refractivity contribution in [1.29, 1.82) is 0 Å². The minimum absolute atomic E-state index is 0.0150. The van der Waals surface area contributed by atoms with Gasteiger partial charge in [-0.15, -0.1) is 11.6 Å². The molecule has 0 N–H and O–H groups in total. The molecule has 1 rings (SSSR count). The van der Waals surface area contributed by atoms with Gasteiger partial charge >= 0.3 is 6.18 Å². The summed E-state index contributed by atoms with van der Waals surface area (Å²) in [5, 5.41) is -0.748. The number of nitrogens with zero attached hydrogens (tertiary/aromatic N) is 1. The third-order valence-corrected chi connectivity index (χ3v) is 2.49. The summed E-state index contributed by atoms with van der Waals surface area (Å²) in [5.41, 5.74) is 0. The molecule has 0 aromatic heterocycles. The number of hydrogen-bond donors (Lipinski definition) is 0. The molecule has 1 amide bonds.